The Morgan fingerprint density at radius 3 is 2.46 bits per heavy atom. The largest absolute Gasteiger partial charge is 0.496 e. The minimum atomic E-state index is -0.883. The van der Waals surface area contributed by atoms with Crippen LogP contribution in [0.4, 0.5) is 0 Å². The van der Waals surface area contributed by atoms with Gasteiger partial charge in [0.2, 0.25) is 5.91 Å². The van der Waals surface area contributed by atoms with Crippen molar-refractivity contribution in [1.82, 2.24) is 20.6 Å². The maximum absolute atomic E-state index is 14.2. The number of nitrogens with zero attached hydrogens (tertiary/aromatic N) is 2. The normalized spacial score (nSPS) is 30.0. The first-order valence-corrected chi connectivity index (χ1v) is 19.6. The van der Waals surface area contributed by atoms with Crippen molar-refractivity contribution < 1.29 is 29.4 Å². The molecule has 5 fully saturated rings. The second-order valence-corrected chi connectivity index (χ2v) is 17.1. The molecular weight excluding hydrogens is 656 g/mol. The third kappa shape index (κ3) is 7.78. The number of rotatable bonds is 13. The number of carbonyl (C=O) groups is 2. The number of aliphatic hydroxyl groups is 2. The number of hydrogen-bond acceptors (Lipinski definition) is 8. The van der Waals surface area contributed by atoms with Crippen molar-refractivity contribution in [3.8, 4) is 16.9 Å². The highest BCUT2D eigenvalue weighted by Crippen LogP contribution is 2.61. The quantitative estimate of drug-likeness (QED) is 0.221. The van der Waals surface area contributed by atoms with Crippen LogP contribution < -0.4 is 15.4 Å². The predicted molar refractivity (Wildman–Crippen MR) is 202 cm³/mol. The summed E-state index contributed by atoms with van der Waals surface area (Å²) >= 11 is 0. The molecule has 2 aromatic carbocycles. The Morgan fingerprint density at radius 2 is 1.83 bits per heavy atom. The van der Waals surface area contributed by atoms with Crippen molar-refractivity contribution in [2.75, 3.05) is 34.4 Å². The molecule has 0 radical (unpaired) electrons. The Kier molecular flexibility index (Phi) is 12.0. The number of ether oxygens (including phenoxy) is 1. The molecule has 7 rings (SSSR count). The van der Waals surface area contributed by atoms with Gasteiger partial charge in [0.15, 0.2) is 0 Å². The zero-order chi connectivity index (χ0) is 37.3. The number of para-hydroxylation sites is 1. The maximum atomic E-state index is 14.2. The summed E-state index contributed by atoms with van der Waals surface area (Å²) in [6.45, 7) is 9.26. The van der Waals surface area contributed by atoms with E-state index in [1.165, 1.54) is 25.7 Å². The zero-order valence-electron chi connectivity index (χ0n) is 32.3. The van der Waals surface area contributed by atoms with Crippen LogP contribution in [0.15, 0.2) is 42.5 Å². The van der Waals surface area contributed by atoms with Crippen molar-refractivity contribution in [2.45, 2.75) is 110 Å². The van der Waals surface area contributed by atoms with E-state index in [2.05, 4.69) is 50.4 Å². The molecule has 1 saturated heterocycles. The molecule has 1 aliphatic heterocycles. The van der Waals surface area contributed by atoms with Gasteiger partial charge in [-0.05, 0) is 93.5 Å². The summed E-state index contributed by atoms with van der Waals surface area (Å²) in [6.07, 6.45) is 6.51. The van der Waals surface area contributed by atoms with Crippen LogP contribution in [-0.4, -0.2) is 96.7 Å². The molecule has 286 valence electrons. The first kappa shape index (κ1) is 38.7. The summed E-state index contributed by atoms with van der Waals surface area (Å²) in [7, 11) is 5.73. The van der Waals surface area contributed by atoms with E-state index in [9.17, 15) is 19.8 Å². The van der Waals surface area contributed by atoms with Crippen molar-refractivity contribution in [1.29, 1.82) is 0 Å². The molecule has 4 saturated carbocycles. The molecule has 1 heterocycles. The van der Waals surface area contributed by atoms with Crippen molar-refractivity contribution in [2.24, 2.45) is 35.0 Å². The molecule has 4 aliphatic carbocycles. The maximum Gasteiger partial charge on any atom is 0.251 e. The number of benzene rings is 2. The SMILES string of the molecule is COc1c(CN2O[C@@H](CO)C(C(C)O)[C@H]2C(=O)N[C@H]2C[C@@H]3C[C@H]([C@@H]2C)C3(C)C)cccc1-c1cccc(C(=O)N[C@H](CN(C)C)C2CCCCC2)c1. The van der Waals surface area contributed by atoms with Crippen LogP contribution in [0.1, 0.15) is 88.6 Å². The fourth-order valence-electron chi connectivity index (χ4n) is 10.2. The lowest BCUT2D eigenvalue weighted by Crippen LogP contribution is -2.62. The summed E-state index contributed by atoms with van der Waals surface area (Å²) < 4.78 is 6.04. The minimum Gasteiger partial charge on any atom is -0.496 e. The molecular formula is C42H62N4O6. The lowest BCUT2D eigenvalue weighted by Gasteiger charge is -2.62. The van der Waals surface area contributed by atoms with E-state index in [0.717, 1.165) is 42.5 Å². The molecule has 4 N–H and O–H groups in total. The highest BCUT2D eigenvalue weighted by Gasteiger charge is 2.57. The summed E-state index contributed by atoms with van der Waals surface area (Å²) in [6, 6.07) is 12.8. The second-order valence-electron chi connectivity index (χ2n) is 17.1. The lowest BCUT2D eigenvalue weighted by atomic mass is 9.45. The minimum absolute atomic E-state index is 0.0529. The number of aliphatic hydroxyl groups excluding tert-OH is 2. The van der Waals surface area contributed by atoms with Crippen LogP contribution in [0.3, 0.4) is 0 Å². The van der Waals surface area contributed by atoms with E-state index in [4.69, 9.17) is 9.57 Å². The number of nitrogens with one attached hydrogen (secondary N) is 2. The highest BCUT2D eigenvalue weighted by molar-refractivity contribution is 5.96. The van der Waals surface area contributed by atoms with Gasteiger partial charge in [-0.2, -0.15) is 5.06 Å². The standard InChI is InChI=1S/C42H62N4O6/c1-25-33-20-31(42(33,3)4)21-34(25)43-41(50)38-37(26(2)48)36(24-47)52-46(38)22-30-17-12-18-32(39(30)51-7)28-15-11-16-29(19-28)40(49)44-35(23-45(5)6)27-13-9-8-10-14-27/h11-12,15-19,25-27,31,33-38,47-48H,8-10,13-14,20-24H2,1-7H3,(H,43,50)(H,44,49)/t25-,26?,31-,33+,34-,35+,36-,37?,38-/m0/s1. The van der Waals surface area contributed by atoms with E-state index < -0.39 is 24.2 Å². The van der Waals surface area contributed by atoms with Gasteiger partial charge in [0.05, 0.1) is 26.4 Å². The number of hydroxylamine groups is 2. The van der Waals surface area contributed by atoms with Gasteiger partial charge in [0.25, 0.3) is 5.91 Å². The first-order chi connectivity index (χ1) is 24.8. The lowest BCUT2D eigenvalue weighted by molar-refractivity contribution is -0.183. The Bertz CT molecular complexity index is 1560. The summed E-state index contributed by atoms with van der Waals surface area (Å²) in [5, 5.41) is 29.6. The average Bonchev–Trinajstić information content (AvgIpc) is 3.50. The first-order valence-electron chi connectivity index (χ1n) is 19.6. The van der Waals surface area contributed by atoms with E-state index in [1.54, 1.807) is 19.1 Å². The highest BCUT2D eigenvalue weighted by atomic mass is 16.7. The molecule has 2 bridgehead atoms. The Balaban J connectivity index is 1.23. The fourth-order valence-corrected chi connectivity index (χ4v) is 10.2. The average molecular weight is 719 g/mol. The monoisotopic (exact) mass is 718 g/mol. The van der Waals surface area contributed by atoms with Crippen LogP contribution in [-0.2, 0) is 16.2 Å². The molecule has 2 unspecified atom stereocenters. The van der Waals surface area contributed by atoms with Gasteiger partial charge in [0.1, 0.15) is 17.9 Å². The third-order valence-electron chi connectivity index (χ3n) is 13.2. The van der Waals surface area contributed by atoms with Crippen molar-refractivity contribution >= 4 is 11.8 Å². The van der Waals surface area contributed by atoms with Gasteiger partial charge >= 0.3 is 0 Å². The summed E-state index contributed by atoms with van der Waals surface area (Å²) in [5.74, 6) is 1.69. The molecule has 10 heteroatoms. The van der Waals surface area contributed by atoms with Gasteiger partial charge in [-0.1, -0.05) is 70.4 Å². The molecule has 2 aromatic rings. The van der Waals surface area contributed by atoms with E-state index >= 15 is 0 Å². The molecule has 0 aromatic heterocycles. The zero-order valence-corrected chi connectivity index (χ0v) is 32.3. The smallest absolute Gasteiger partial charge is 0.251 e. The van der Waals surface area contributed by atoms with E-state index in [0.29, 0.717) is 40.4 Å². The molecule has 10 nitrogen and oxygen atoms in total. The van der Waals surface area contributed by atoms with Gasteiger partial charge in [-0.15, -0.1) is 0 Å². The summed E-state index contributed by atoms with van der Waals surface area (Å²) in [4.78, 5) is 36.3. The number of amides is 2. The van der Waals surface area contributed by atoms with Gasteiger partial charge < -0.3 is 30.5 Å². The number of fused-ring (bicyclic) bond motifs is 2. The number of methoxy groups -OCH3 is 1. The van der Waals surface area contributed by atoms with Crippen LogP contribution >= 0.6 is 0 Å². The van der Waals surface area contributed by atoms with Gasteiger partial charge in [-0.3, -0.25) is 14.4 Å². The molecule has 2 amide bonds. The third-order valence-corrected chi connectivity index (χ3v) is 13.2. The topological polar surface area (TPSA) is 124 Å². The fraction of sp³-hybridized carbons (Fsp3) is 0.667. The van der Waals surface area contributed by atoms with Crippen LogP contribution in [0.25, 0.3) is 11.1 Å². The number of carbonyl (C=O) groups excluding carboxylic acids is 2. The molecule has 9 atom stereocenters. The van der Waals surface area contributed by atoms with Crippen molar-refractivity contribution in [3.63, 3.8) is 0 Å². The molecule has 5 aliphatic rings. The number of hydrogen-bond donors (Lipinski definition) is 4. The Hall–Kier alpha value is -3.02. The Morgan fingerprint density at radius 1 is 1.10 bits per heavy atom. The molecule has 52 heavy (non-hydrogen) atoms. The van der Waals surface area contributed by atoms with Crippen molar-refractivity contribution in [3.05, 3.63) is 53.6 Å². The van der Waals surface area contributed by atoms with Crippen LogP contribution in [0, 0.1) is 35.0 Å². The molecule has 0 spiro atoms. The Labute approximate surface area is 310 Å². The van der Waals surface area contributed by atoms with Gasteiger partial charge in [-0.25, -0.2) is 0 Å². The van der Waals surface area contributed by atoms with Gasteiger partial charge in [0, 0.05) is 41.2 Å². The second kappa shape index (κ2) is 16.1. The van der Waals surface area contributed by atoms with Crippen LogP contribution in [0.2, 0.25) is 0 Å². The number of likely N-dealkylation sites (N-methyl/N-ethyl adjacent to an activating group) is 1. The van der Waals surface area contributed by atoms with Crippen LogP contribution in [0.5, 0.6) is 5.75 Å². The predicted octanol–water partition coefficient (Wildman–Crippen LogP) is 5.26. The van der Waals surface area contributed by atoms with E-state index in [1.807, 2.05) is 42.5 Å². The summed E-state index contributed by atoms with van der Waals surface area (Å²) in [5.41, 5.74) is 3.32. The van der Waals surface area contributed by atoms with E-state index in [-0.39, 0.29) is 37.0 Å².